The lowest BCUT2D eigenvalue weighted by Gasteiger charge is -2.26. The summed E-state index contributed by atoms with van der Waals surface area (Å²) in [5, 5.41) is 8.96. The number of hydrogen-bond acceptors (Lipinski definition) is 3. The summed E-state index contributed by atoms with van der Waals surface area (Å²) >= 11 is 0. The van der Waals surface area contributed by atoms with Gasteiger partial charge in [-0.05, 0) is 38.3 Å². The minimum absolute atomic E-state index is 0.212. The van der Waals surface area contributed by atoms with Crippen LogP contribution in [0.4, 0.5) is 0 Å². The predicted molar refractivity (Wildman–Crippen MR) is 55.1 cm³/mol. The minimum Gasteiger partial charge on any atom is -0.480 e. The summed E-state index contributed by atoms with van der Waals surface area (Å²) in [6.45, 7) is 4.18. The van der Waals surface area contributed by atoms with Crippen molar-refractivity contribution in [3.63, 3.8) is 0 Å². The molecule has 0 aromatic rings. The Hall–Kier alpha value is -0.610. The van der Waals surface area contributed by atoms with Gasteiger partial charge in [0.15, 0.2) is 0 Å². The Morgan fingerprint density at radius 1 is 1.57 bits per heavy atom. The van der Waals surface area contributed by atoms with Crippen molar-refractivity contribution >= 4 is 5.97 Å². The Bertz CT molecular complexity index is 197. The number of carbonyl (C=O) groups is 1. The third-order valence-electron chi connectivity index (χ3n) is 3.00. The van der Waals surface area contributed by atoms with Crippen LogP contribution in [0.25, 0.3) is 0 Å². The topological polar surface area (TPSA) is 66.6 Å². The van der Waals surface area contributed by atoms with E-state index >= 15 is 0 Å². The summed E-state index contributed by atoms with van der Waals surface area (Å²) in [5.74, 6) is -0.0747. The maximum Gasteiger partial charge on any atom is 0.322 e. The first-order chi connectivity index (χ1) is 6.65. The van der Waals surface area contributed by atoms with E-state index in [0.29, 0.717) is 5.92 Å². The third kappa shape index (κ3) is 2.96. The summed E-state index contributed by atoms with van der Waals surface area (Å²) in [7, 11) is 0. The maximum atomic E-state index is 10.9. The van der Waals surface area contributed by atoms with Gasteiger partial charge in [0.05, 0.1) is 0 Å². The Morgan fingerprint density at radius 3 is 2.86 bits per heavy atom. The Morgan fingerprint density at radius 2 is 2.29 bits per heavy atom. The summed E-state index contributed by atoms with van der Waals surface area (Å²) < 4.78 is 0. The molecular weight excluding hydrogens is 180 g/mol. The standard InChI is InChI=1S/C10H20N2O2/c1-8-3-2-5-12(6-4-8)9(7-11)10(13)14/h8-9H,2-7,11H2,1H3,(H,13,14). The van der Waals surface area contributed by atoms with E-state index in [2.05, 4.69) is 6.92 Å². The fourth-order valence-electron chi connectivity index (χ4n) is 2.00. The van der Waals surface area contributed by atoms with Crippen molar-refractivity contribution in [1.29, 1.82) is 0 Å². The molecule has 0 aliphatic carbocycles. The van der Waals surface area contributed by atoms with E-state index in [0.717, 1.165) is 25.9 Å². The number of carboxylic acids is 1. The van der Waals surface area contributed by atoms with E-state index in [4.69, 9.17) is 10.8 Å². The zero-order valence-corrected chi connectivity index (χ0v) is 8.78. The molecule has 4 nitrogen and oxygen atoms in total. The smallest absolute Gasteiger partial charge is 0.322 e. The average molecular weight is 200 g/mol. The normalized spacial score (nSPS) is 26.9. The molecule has 0 spiro atoms. The molecule has 1 heterocycles. The molecule has 14 heavy (non-hydrogen) atoms. The number of nitrogens with zero attached hydrogens (tertiary/aromatic N) is 1. The first-order valence-corrected chi connectivity index (χ1v) is 5.32. The van der Waals surface area contributed by atoms with Crippen LogP contribution >= 0.6 is 0 Å². The van der Waals surface area contributed by atoms with Crippen LogP contribution < -0.4 is 5.73 Å². The first-order valence-electron chi connectivity index (χ1n) is 5.32. The van der Waals surface area contributed by atoms with Crippen molar-refractivity contribution in [3.8, 4) is 0 Å². The Kier molecular flexibility index (Phi) is 4.35. The molecule has 0 bridgehead atoms. The minimum atomic E-state index is -0.790. The Balaban J connectivity index is 2.53. The summed E-state index contributed by atoms with van der Waals surface area (Å²) in [6.07, 6.45) is 3.38. The molecule has 2 unspecified atom stereocenters. The highest BCUT2D eigenvalue weighted by molar-refractivity contribution is 5.73. The fourth-order valence-corrected chi connectivity index (χ4v) is 2.00. The molecule has 4 heteroatoms. The quantitative estimate of drug-likeness (QED) is 0.697. The summed E-state index contributed by atoms with van der Waals surface area (Å²) in [5.41, 5.74) is 5.47. The number of carboxylic acid groups (broad SMARTS) is 1. The highest BCUT2D eigenvalue weighted by atomic mass is 16.4. The van der Waals surface area contributed by atoms with Gasteiger partial charge in [-0.2, -0.15) is 0 Å². The second-order valence-corrected chi connectivity index (χ2v) is 4.16. The van der Waals surface area contributed by atoms with Gasteiger partial charge < -0.3 is 10.8 Å². The van der Waals surface area contributed by atoms with E-state index in [-0.39, 0.29) is 6.54 Å². The van der Waals surface area contributed by atoms with Gasteiger partial charge in [0.1, 0.15) is 6.04 Å². The molecule has 2 atom stereocenters. The number of nitrogens with two attached hydrogens (primary N) is 1. The zero-order chi connectivity index (χ0) is 10.6. The van der Waals surface area contributed by atoms with Crippen molar-refractivity contribution in [2.45, 2.75) is 32.2 Å². The molecule has 0 amide bonds. The molecule has 0 aromatic carbocycles. The van der Waals surface area contributed by atoms with E-state index in [1.807, 2.05) is 4.90 Å². The van der Waals surface area contributed by atoms with Gasteiger partial charge in [-0.25, -0.2) is 0 Å². The van der Waals surface area contributed by atoms with Gasteiger partial charge in [0.25, 0.3) is 0 Å². The van der Waals surface area contributed by atoms with Gasteiger partial charge in [0, 0.05) is 6.54 Å². The molecule has 82 valence electrons. The van der Waals surface area contributed by atoms with Gasteiger partial charge in [0.2, 0.25) is 0 Å². The average Bonchev–Trinajstić information content (AvgIpc) is 2.32. The SMILES string of the molecule is CC1CCCN(C(CN)C(=O)O)CC1. The molecule has 0 radical (unpaired) electrons. The second kappa shape index (κ2) is 5.32. The molecular formula is C10H20N2O2. The van der Waals surface area contributed by atoms with Crippen LogP contribution in [0.3, 0.4) is 0 Å². The zero-order valence-electron chi connectivity index (χ0n) is 8.78. The van der Waals surface area contributed by atoms with E-state index in [1.165, 1.54) is 6.42 Å². The van der Waals surface area contributed by atoms with Gasteiger partial charge in [-0.1, -0.05) is 6.92 Å². The van der Waals surface area contributed by atoms with E-state index in [1.54, 1.807) is 0 Å². The van der Waals surface area contributed by atoms with Gasteiger partial charge in [-0.15, -0.1) is 0 Å². The molecule has 1 saturated heterocycles. The molecule has 0 aromatic heterocycles. The summed E-state index contributed by atoms with van der Waals surface area (Å²) in [4.78, 5) is 12.9. The molecule has 3 N–H and O–H groups in total. The molecule has 0 saturated carbocycles. The maximum absolute atomic E-state index is 10.9. The highest BCUT2D eigenvalue weighted by Gasteiger charge is 2.25. The first kappa shape index (κ1) is 11.5. The lowest BCUT2D eigenvalue weighted by atomic mass is 10.0. The highest BCUT2D eigenvalue weighted by Crippen LogP contribution is 2.17. The second-order valence-electron chi connectivity index (χ2n) is 4.16. The van der Waals surface area contributed by atoms with Crippen molar-refractivity contribution in [1.82, 2.24) is 4.90 Å². The summed E-state index contributed by atoms with van der Waals surface area (Å²) in [6, 6.07) is -0.486. The largest absolute Gasteiger partial charge is 0.480 e. The number of aliphatic carboxylic acids is 1. The number of rotatable bonds is 3. The fraction of sp³-hybridized carbons (Fsp3) is 0.900. The van der Waals surface area contributed by atoms with Crippen LogP contribution in [0.5, 0.6) is 0 Å². The van der Waals surface area contributed by atoms with Gasteiger partial charge in [-0.3, -0.25) is 9.69 Å². The van der Waals surface area contributed by atoms with Crippen LogP contribution in [0.15, 0.2) is 0 Å². The van der Waals surface area contributed by atoms with Crippen LogP contribution in [-0.2, 0) is 4.79 Å². The van der Waals surface area contributed by atoms with E-state index < -0.39 is 12.0 Å². The number of likely N-dealkylation sites (tertiary alicyclic amines) is 1. The van der Waals surface area contributed by atoms with Crippen molar-refractivity contribution in [3.05, 3.63) is 0 Å². The number of hydrogen-bond donors (Lipinski definition) is 2. The monoisotopic (exact) mass is 200 g/mol. The molecule has 1 rings (SSSR count). The Labute approximate surface area is 85.1 Å². The van der Waals surface area contributed by atoms with Crippen LogP contribution in [0, 0.1) is 5.92 Å². The van der Waals surface area contributed by atoms with Crippen molar-refractivity contribution < 1.29 is 9.90 Å². The van der Waals surface area contributed by atoms with Crippen molar-refractivity contribution in [2.24, 2.45) is 11.7 Å². The molecule has 1 aliphatic heterocycles. The third-order valence-corrected chi connectivity index (χ3v) is 3.00. The van der Waals surface area contributed by atoms with Crippen LogP contribution in [-0.4, -0.2) is 41.7 Å². The lowest BCUT2D eigenvalue weighted by Crippen LogP contribution is -2.46. The molecule has 1 aliphatic rings. The lowest BCUT2D eigenvalue weighted by molar-refractivity contribution is -0.142. The van der Waals surface area contributed by atoms with Crippen LogP contribution in [0.1, 0.15) is 26.2 Å². The van der Waals surface area contributed by atoms with E-state index in [9.17, 15) is 4.79 Å². The van der Waals surface area contributed by atoms with Gasteiger partial charge >= 0.3 is 5.97 Å². The van der Waals surface area contributed by atoms with Crippen LogP contribution in [0.2, 0.25) is 0 Å². The predicted octanol–water partition coefficient (Wildman–Crippen LogP) is 0.520. The van der Waals surface area contributed by atoms with Crippen molar-refractivity contribution in [2.75, 3.05) is 19.6 Å². The molecule has 1 fully saturated rings.